The van der Waals surface area contributed by atoms with E-state index in [-0.39, 0.29) is 28.5 Å². The Morgan fingerprint density at radius 2 is 2.03 bits per heavy atom. The molecule has 1 heterocycles. The maximum Gasteiger partial charge on any atom is 0.156 e. The number of aromatic nitrogens is 1. The van der Waals surface area contributed by atoms with Crippen LogP contribution in [-0.4, -0.2) is 11.5 Å². The maximum absolute atomic E-state index is 15.2. The number of rotatable bonds is 9. The third-order valence-corrected chi connectivity index (χ3v) is 5.16. The molecule has 4 nitrogen and oxygen atoms in total. The average Bonchev–Trinajstić information content (AvgIpc) is 2.74. The molecule has 0 bridgehead atoms. The Morgan fingerprint density at radius 1 is 1.30 bits per heavy atom. The fraction of sp³-hybridized carbons (Fsp3) is 0.304. The van der Waals surface area contributed by atoms with E-state index >= 15 is 8.78 Å². The zero-order valence-electron chi connectivity index (χ0n) is 17.2. The quantitative estimate of drug-likeness (QED) is 0.508. The smallest absolute Gasteiger partial charge is 0.156 e. The van der Waals surface area contributed by atoms with Crippen LogP contribution in [0.15, 0.2) is 25.0 Å². The SMILES string of the molecule is C=Cc1cc(CC)c(F)c(N(CCCC)Cc2cnc(Cl)c(C#N)c2/C=C\N)c1F. The molecule has 0 aliphatic heterocycles. The lowest BCUT2D eigenvalue weighted by Crippen LogP contribution is -2.27. The highest BCUT2D eigenvalue weighted by Gasteiger charge is 2.23. The molecule has 2 N–H and O–H groups in total. The first-order valence-corrected chi connectivity index (χ1v) is 10.1. The molecule has 0 spiro atoms. The zero-order valence-corrected chi connectivity index (χ0v) is 17.9. The molecule has 0 aliphatic rings. The van der Waals surface area contributed by atoms with Crippen molar-refractivity contribution >= 4 is 29.4 Å². The molecule has 0 saturated heterocycles. The number of nitrogens with zero attached hydrogens (tertiary/aromatic N) is 3. The van der Waals surface area contributed by atoms with Crippen molar-refractivity contribution in [2.45, 2.75) is 39.7 Å². The molecule has 0 aliphatic carbocycles. The number of aryl methyl sites for hydroxylation is 1. The Kier molecular flexibility index (Phi) is 8.37. The summed E-state index contributed by atoms with van der Waals surface area (Å²) >= 11 is 6.05. The van der Waals surface area contributed by atoms with Gasteiger partial charge in [-0.25, -0.2) is 13.8 Å². The number of hydrogen-bond donors (Lipinski definition) is 1. The summed E-state index contributed by atoms with van der Waals surface area (Å²) in [6.45, 7) is 8.02. The summed E-state index contributed by atoms with van der Waals surface area (Å²) in [5.41, 5.74) is 7.36. The predicted octanol–water partition coefficient (Wildman–Crippen LogP) is 5.83. The van der Waals surface area contributed by atoms with E-state index in [2.05, 4.69) is 11.6 Å². The van der Waals surface area contributed by atoms with Crippen molar-refractivity contribution in [3.05, 3.63) is 69.6 Å². The van der Waals surface area contributed by atoms with Crippen molar-refractivity contribution < 1.29 is 8.78 Å². The van der Waals surface area contributed by atoms with E-state index in [1.807, 2.05) is 19.9 Å². The molecule has 0 unspecified atom stereocenters. The van der Waals surface area contributed by atoms with Crippen LogP contribution in [0.3, 0.4) is 0 Å². The van der Waals surface area contributed by atoms with Gasteiger partial charge in [0, 0.05) is 30.4 Å². The summed E-state index contributed by atoms with van der Waals surface area (Å²) in [5.74, 6) is -1.25. The van der Waals surface area contributed by atoms with Gasteiger partial charge in [0.1, 0.15) is 16.9 Å². The topological polar surface area (TPSA) is 65.9 Å². The summed E-state index contributed by atoms with van der Waals surface area (Å²) in [7, 11) is 0. The minimum Gasteiger partial charge on any atom is -0.405 e. The van der Waals surface area contributed by atoms with Gasteiger partial charge in [-0.15, -0.1) is 0 Å². The maximum atomic E-state index is 15.2. The number of anilines is 1. The number of hydrogen-bond acceptors (Lipinski definition) is 4. The minimum atomic E-state index is -0.658. The van der Waals surface area contributed by atoms with E-state index in [0.29, 0.717) is 29.7 Å². The zero-order chi connectivity index (χ0) is 22.3. The average molecular weight is 431 g/mol. The highest BCUT2D eigenvalue weighted by molar-refractivity contribution is 6.30. The Balaban J connectivity index is 2.68. The highest BCUT2D eigenvalue weighted by Crippen LogP contribution is 2.33. The van der Waals surface area contributed by atoms with Crippen molar-refractivity contribution in [1.29, 1.82) is 5.26 Å². The van der Waals surface area contributed by atoms with Gasteiger partial charge in [0.05, 0.1) is 5.56 Å². The fourth-order valence-electron chi connectivity index (χ4n) is 3.27. The van der Waals surface area contributed by atoms with Crippen LogP contribution in [0, 0.1) is 23.0 Å². The summed E-state index contributed by atoms with van der Waals surface area (Å²) in [4.78, 5) is 5.71. The predicted molar refractivity (Wildman–Crippen MR) is 119 cm³/mol. The second-order valence-electron chi connectivity index (χ2n) is 6.77. The Hall–Kier alpha value is -2.91. The molecule has 158 valence electrons. The number of pyridine rings is 1. The molecule has 2 rings (SSSR count). The monoisotopic (exact) mass is 430 g/mol. The summed E-state index contributed by atoms with van der Waals surface area (Å²) in [6, 6.07) is 3.51. The van der Waals surface area contributed by atoms with Crippen molar-refractivity contribution in [2.24, 2.45) is 5.73 Å². The second kappa shape index (κ2) is 10.7. The summed E-state index contributed by atoms with van der Waals surface area (Å²) in [6.07, 6.45) is 7.72. The van der Waals surface area contributed by atoms with Crippen LogP contribution in [-0.2, 0) is 13.0 Å². The summed E-state index contributed by atoms with van der Waals surface area (Å²) < 4.78 is 30.5. The van der Waals surface area contributed by atoms with Crippen LogP contribution in [0.2, 0.25) is 5.15 Å². The third kappa shape index (κ3) is 4.80. The third-order valence-electron chi connectivity index (χ3n) is 4.87. The first kappa shape index (κ1) is 23.4. The first-order valence-electron chi connectivity index (χ1n) is 9.77. The minimum absolute atomic E-state index is 0.0498. The normalized spacial score (nSPS) is 10.9. The molecule has 0 amide bonds. The largest absolute Gasteiger partial charge is 0.405 e. The van der Waals surface area contributed by atoms with Crippen LogP contribution in [0.25, 0.3) is 12.2 Å². The Bertz CT molecular complexity index is 996. The Morgan fingerprint density at radius 3 is 2.60 bits per heavy atom. The van der Waals surface area contributed by atoms with Gasteiger partial charge in [-0.05, 0) is 42.3 Å². The number of nitrogens with two attached hydrogens (primary N) is 1. The molecule has 0 radical (unpaired) electrons. The van der Waals surface area contributed by atoms with Crippen LogP contribution in [0.4, 0.5) is 14.5 Å². The van der Waals surface area contributed by atoms with Gasteiger partial charge in [0.25, 0.3) is 0 Å². The molecule has 7 heteroatoms. The van der Waals surface area contributed by atoms with Gasteiger partial charge < -0.3 is 10.6 Å². The van der Waals surface area contributed by atoms with E-state index in [4.69, 9.17) is 17.3 Å². The lowest BCUT2D eigenvalue weighted by Gasteiger charge is -2.28. The van der Waals surface area contributed by atoms with Crippen molar-refractivity contribution in [1.82, 2.24) is 4.98 Å². The highest BCUT2D eigenvalue weighted by atomic mass is 35.5. The molecular formula is C23H25ClF2N4. The molecule has 0 atom stereocenters. The summed E-state index contributed by atoms with van der Waals surface area (Å²) in [5, 5.41) is 9.52. The van der Waals surface area contributed by atoms with Crippen molar-refractivity contribution in [2.75, 3.05) is 11.4 Å². The first-order chi connectivity index (χ1) is 14.4. The van der Waals surface area contributed by atoms with Gasteiger partial charge in [-0.1, -0.05) is 44.5 Å². The molecule has 0 fully saturated rings. The number of halogens is 3. The Labute approximate surface area is 181 Å². The van der Waals surface area contributed by atoms with Gasteiger partial charge in [-0.2, -0.15) is 5.26 Å². The molecule has 1 aromatic carbocycles. The van der Waals surface area contributed by atoms with E-state index in [0.717, 1.165) is 12.8 Å². The fourth-order valence-corrected chi connectivity index (χ4v) is 3.46. The van der Waals surface area contributed by atoms with Crippen LogP contribution in [0.1, 0.15) is 54.5 Å². The number of nitriles is 1. The van der Waals surface area contributed by atoms with Crippen LogP contribution < -0.4 is 10.6 Å². The van der Waals surface area contributed by atoms with Crippen LogP contribution >= 0.6 is 11.6 Å². The van der Waals surface area contributed by atoms with Gasteiger partial charge in [-0.3, -0.25) is 0 Å². The molecule has 1 aromatic heterocycles. The standard InChI is InChI=1S/C23H25ClF2N4/c1-4-7-10-30(22-20(25)15(5-2)11-16(6-3)21(22)26)14-17-13-29-23(24)19(12-28)18(17)8-9-27/h5,8-9,11,13H,2,4,6-7,10,14,27H2,1,3H3/b9-8-. The van der Waals surface area contributed by atoms with Crippen molar-refractivity contribution in [3.8, 4) is 6.07 Å². The van der Waals surface area contributed by atoms with Gasteiger partial charge >= 0.3 is 0 Å². The van der Waals surface area contributed by atoms with E-state index in [1.165, 1.54) is 24.5 Å². The van der Waals surface area contributed by atoms with Crippen LogP contribution in [0.5, 0.6) is 0 Å². The van der Waals surface area contributed by atoms with E-state index < -0.39 is 11.6 Å². The van der Waals surface area contributed by atoms with E-state index in [1.54, 1.807) is 11.0 Å². The second-order valence-corrected chi connectivity index (χ2v) is 7.13. The molecule has 30 heavy (non-hydrogen) atoms. The van der Waals surface area contributed by atoms with E-state index in [9.17, 15) is 5.26 Å². The molecule has 2 aromatic rings. The lowest BCUT2D eigenvalue weighted by molar-refractivity contribution is 0.555. The molecule has 0 saturated carbocycles. The lowest BCUT2D eigenvalue weighted by atomic mass is 10.0. The number of benzene rings is 1. The number of unbranched alkanes of at least 4 members (excludes halogenated alkanes) is 1. The van der Waals surface area contributed by atoms with Gasteiger partial charge in [0.2, 0.25) is 0 Å². The van der Waals surface area contributed by atoms with Crippen molar-refractivity contribution in [3.63, 3.8) is 0 Å². The molecular weight excluding hydrogens is 406 g/mol. The van der Waals surface area contributed by atoms with Gasteiger partial charge in [0.15, 0.2) is 11.6 Å².